The molecule has 0 radical (unpaired) electrons. The maximum atomic E-state index is 13.2. The molecule has 0 bridgehead atoms. The highest BCUT2D eigenvalue weighted by Crippen LogP contribution is 2.72. The Morgan fingerprint density at radius 3 is 1.40 bits per heavy atom. The number of esters is 1. The molecule has 2 amide bonds. The Bertz CT molecular complexity index is 5080. The lowest BCUT2D eigenvalue weighted by molar-refractivity contribution is -0.154. The van der Waals surface area contributed by atoms with Gasteiger partial charge in [0, 0.05) is 114 Å². The predicted octanol–water partition coefficient (Wildman–Crippen LogP) is 25.6. The molecule has 25 rings (SSSR count). The van der Waals surface area contributed by atoms with Crippen molar-refractivity contribution in [2.75, 3.05) is 52.4 Å². The summed E-state index contributed by atoms with van der Waals surface area (Å²) >= 11 is 0. The molecule has 24 aliphatic rings. The summed E-state index contributed by atoms with van der Waals surface area (Å²) in [6.45, 7) is 50.5. The third kappa shape index (κ3) is 19.4. The molecule has 20 fully saturated rings. The number of nitrogens with zero attached hydrogens (tertiary/aromatic N) is 2. The highest BCUT2D eigenvalue weighted by molar-refractivity contribution is 5.80. The second kappa shape index (κ2) is 41.6. The maximum Gasteiger partial charge on any atom is 0.302 e. The van der Waals surface area contributed by atoms with E-state index in [1.165, 1.54) is 185 Å². The number of carbonyl (C=O) groups is 5. The maximum absolute atomic E-state index is 13.2. The zero-order valence-electron chi connectivity index (χ0n) is 94.7. The topological polar surface area (TPSA) is 186 Å². The quantitative estimate of drug-likeness (QED) is 0.121. The van der Waals surface area contributed by atoms with E-state index in [1.54, 1.807) is 40.4 Å². The van der Waals surface area contributed by atoms with Crippen LogP contribution >= 0.6 is 0 Å². The fourth-order valence-corrected chi connectivity index (χ4v) is 42.1. The first-order valence-electron chi connectivity index (χ1n) is 62.1. The normalized spacial score (nSPS) is 48.5. The Balaban J connectivity index is 0.000000112. The molecule has 16 heteroatoms. The number of allylic oxidation sites excluding steroid dienone is 4. The van der Waals surface area contributed by atoms with E-state index >= 15 is 0 Å². The molecule has 8 saturated heterocycles. The summed E-state index contributed by atoms with van der Waals surface area (Å²) in [5, 5.41) is 14.1. The van der Waals surface area contributed by atoms with E-state index in [0.717, 1.165) is 230 Å². The molecule has 12 saturated carbocycles. The van der Waals surface area contributed by atoms with Crippen LogP contribution in [0.5, 0.6) is 0 Å². The van der Waals surface area contributed by atoms with Crippen molar-refractivity contribution in [2.45, 2.75) is 484 Å². The Morgan fingerprint density at radius 1 is 0.432 bits per heavy atom. The summed E-state index contributed by atoms with van der Waals surface area (Å²) in [7, 11) is 0. The first kappa shape index (κ1) is 106. The van der Waals surface area contributed by atoms with Crippen molar-refractivity contribution in [1.82, 2.24) is 31.1 Å². The molecule has 8 heterocycles. The van der Waals surface area contributed by atoms with Gasteiger partial charge in [-0.2, -0.15) is 0 Å². The lowest BCUT2D eigenvalue weighted by atomic mass is 9.51. The van der Waals surface area contributed by atoms with Gasteiger partial charge >= 0.3 is 5.97 Å². The number of hydrogen-bond donors (Lipinski definition) is 4. The molecule has 146 heavy (non-hydrogen) atoms. The molecule has 41 atom stereocenters. The minimum absolute atomic E-state index is 0.0433. The van der Waals surface area contributed by atoms with Crippen molar-refractivity contribution in [2.24, 2.45) is 164 Å². The number of nitrogens with one attached hydrogen (secondary N) is 4. The van der Waals surface area contributed by atoms with Crippen LogP contribution in [0.25, 0.3) is 0 Å². The molecule has 16 nitrogen and oxygen atoms in total. The number of Topliss-reactive ketones (excluding diaryl/α,β-unsaturated/α-hetero) is 2. The van der Waals surface area contributed by atoms with Crippen molar-refractivity contribution in [3.05, 3.63) is 80.5 Å². The van der Waals surface area contributed by atoms with Crippen LogP contribution in [0.1, 0.15) is 406 Å². The van der Waals surface area contributed by atoms with Crippen LogP contribution in [-0.2, 0) is 54.1 Å². The molecule has 0 unspecified atom stereocenters. The van der Waals surface area contributed by atoms with Crippen LogP contribution in [0.3, 0.4) is 0 Å². The second-order valence-electron chi connectivity index (χ2n) is 57.9. The summed E-state index contributed by atoms with van der Waals surface area (Å²) in [6.07, 6.45) is 54.1. The minimum atomic E-state index is -0.114. The number of piperidine rings is 4. The smallest absolute Gasteiger partial charge is 0.302 e. The highest BCUT2D eigenvalue weighted by atomic mass is 16.5. The first-order valence-corrected chi connectivity index (χ1v) is 62.1. The third-order valence-corrected chi connectivity index (χ3v) is 49.6. The largest absolute Gasteiger partial charge is 0.463 e. The van der Waals surface area contributed by atoms with Gasteiger partial charge in [0.15, 0.2) is 0 Å². The standard InChI is InChI=1S/C38H54N2O3.C34H54N2O3.C29H45NO3.C29H47NO/c1-24-18-34-36(40(22-24)23-35(42)39-17-14-27-8-6-5-7-9-27)26(3)38(43-34)16-13-30-31-11-10-28-19-29(41)12-15-37(28,4)33(31)20-32(30)25(2)21-38;1-6-7-31(38)35-14-15-36-20-21(2)16-30-32(36)23(4)34(39-30)13-11-26-27-9-8-24-17-25(37)10-12-33(24,5)29(27)18-28(26)22(3)19-34;1-17-11-27-26(30-16-17)15-29(33-27)10-8-22-23-6-5-20-12-21(32-19(3)31)7-9-28(20,4)25(23)13-24(22)18(2)14-29;1-17-8-10-28(5)21(12-17)6-7-23-22-9-11-29(15-19(3)24(22)14-25(23)28)20(4)27-26(31-29)13-18(2)16-30-27/h5-9,24,26,28,30-31,33-34,36H,10-23H2,1-4H3,(H,39,42);21,23-24,26-27,29-30,32H,6-20H2,1-5H3,(H,35,38);17,20-23,25-27,30H,5-16H2,1-4H3;17-18,20-23,25-27,30H,6-16H2,1-5H3/t24-,26+,28+,30-,31-,33-,34+,36-,37-,38-;21-,23+,24+,26-,27-,29-,30+,32-,33-,34-;17-,20+,21+,22-,23-,25-,26-,27+,28-,29-;17-,18-,20+,21+,22-,23-,25-,26+,27-,28-,29-/m0000/s1. The summed E-state index contributed by atoms with van der Waals surface area (Å²) in [6, 6.07) is 12.3. The van der Waals surface area contributed by atoms with Crippen LogP contribution in [0, 0.1) is 164 Å². The van der Waals surface area contributed by atoms with E-state index in [0.29, 0.717) is 143 Å². The van der Waals surface area contributed by atoms with Gasteiger partial charge in [-0.05, 0) is 436 Å². The Hall–Kier alpha value is -4.39. The number of ketones is 2. The van der Waals surface area contributed by atoms with Crippen molar-refractivity contribution in [3.63, 3.8) is 0 Å². The lowest BCUT2D eigenvalue weighted by Crippen LogP contribution is -2.54. The molecule has 810 valence electrons. The Morgan fingerprint density at radius 2 is 0.877 bits per heavy atom. The SMILES string of the molecule is CC(=O)O[C@@H]1CC[C@@]2(C)[C@H](CC[C@H]3[C@@H]4CC[C@]5(CC(C)=C4C[C@@H]32)C[C@@H]2NC[C@@H](C)C[C@H]2O5)C1.CC1=C2C[C@H]3[C@@H](CC[C@@H]4CC(=O)CC[C@@]43C)[C@@H]2CC[C@@]2(C1)O[C@@H]1C[C@H](C)CN(CC(=O)NCCc3ccccc3)[C@H]1[C@H]2C.CC1=C2C[C@H]3[C@@H](CC[C@@H]4C[C@@H](C)CC[C@@]43C)[C@@H]2CC[C@@]2(C1)O[C@@H]1C[C@H](C)CN[C@H]1[C@H]2C.CCCC(=O)NCCN1C[C@@H](C)C[C@H]2O[C@]3(CC[C@@H]4C(=C(C)C3)C[C@H]3[C@H]4CC[C@@H]4CC(=O)CC[C@@]43C)[C@H](C)[C@@H]21. The van der Waals surface area contributed by atoms with E-state index in [4.69, 9.17) is 23.7 Å². The number of carbonyl (C=O) groups excluding carboxylic acids is 5. The third-order valence-electron chi connectivity index (χ3n) is 49.6. The van der Waals surface area contributed by atoms with Crippen molar-refractivity contribution < 1.29 is 47.7 Å². The van der Waals surface area contributed by atoms with Gasteiger partial charge in [-0.15, -0.1) is 0 Å². The average Bonchev–Trinajstić information content (AvgIpc) is 1.53. The van der Waals surface area contributed by atoms with E-state index in [1.807, 2.05) is 17.2 Å². The Kier molecular flexibility index (Phi) is 30.2. The molecular formula is C130H200N6O10. The van der Waals surface area contributed by atoms with Gasteiger partial charge in [0.25, 0.3) is 0 Å². The average molecular weight is 2010 g/mol. The van der Waals surface area contributed by atoms with Gasteiger partial charge in [-0.3, -0.25) is 33.8 Å². The van der Waals surface area contributed by atoms with Gasteiger partial charge in [0.1, 0.15) is 17.7 Å². The minimum Gasteiger partial charge on any atom is -0.463 e. The number of amides is 2. The van der Waals surface area contributed by atoms with Crippen LogP contribution in [0.4, 0.5) is 0 Å². The predicted molar refractivity (Wildman–Crippen MR) is 583 cm³/mol. The summed E-state index contributed by atoms with van der Waals surface area (Å²) in [5.74, 6) is 19.2. The molecule has 1 aromatic carbocycles. The fraction of sp³-hybridized carbons (Fsp3) is 0.854. The van der Waals surface area contributed by atoms with Gasteiger partial charge in [0.2, 0.25) is 11.8 Å². The zero-order valence-corrected chi connectivity index (χ0v) is 94.7. The number of likely N-dealkylation sites (tertiary alicyclic amines) is 2. The van der Waals surface area contributed by atoms with Gasteiger partial charge in [0.05, 0.1) is 53.4 Å². The van der Waals surface area contributed by atoms with Gasteiger partial charge < -0.3 is 45.0 Å². The number of ether oxygens (including phenoxy) is 5. The molecular weight excluding hydrogens is 1810 g/mol. The van der Waals surface area contributed by atoms with E-state index in [2.05, 4.69) is 173 Å². The fourth-order valence-electron chi connectivity index (χ4n) is 42.1. The van der Waals surface area contributed by atoms with E-state index < -0.39 is 0 Å². The van der Waals surface area contributed by atoms with Crippen LogP contribution < -0.4 is 21.3 Å². The first-order chi connectivity index (χ1) is 69.9. The molecule has 1 aromatic rings. The zero-order chi connectivity index (χ0) is 102. The highest BCUT2D eigenvalue weighted by Gasteiger charge is 2.67. The monoisotopic (exact) mass is 2010 g/mol. The Labute approximate surface area is 883 Å². The van der Waals surface area contributed by atoms with Crippen molar-refractivity contribution >= 4 is 29.4 Å². The van der Waals surface area contributed by atoms with Crippen LogP contribution in [0.2, 0.25) is 0 Å². The lowest BCUT2D eigenvalue weighted by Gasteiger charge is -2.54. The van der Waals surface area contributed by atoms with Crippen molar-refractivity contribution in [1.29, 1.82) is 0 Å². The van der Waals surface area contributed by atoms with Gasteiger partial charge in [-0.1, -0.05) is 171 Å². The molecule has 4 N–H and O–H groups in total. The molecule has 8 aliphatic heterocycles. The van der Waals surface area contributed by atoms with Crippen molar-refractivity contribution in [3.8, 4) is 0 Å². The van der Waals surface area contributed by atoms with Gasteiger partial charge in [-0.25, -0.2) is 0 Å². The molecule has 0 aromatic heterocycles. The van der Waals surface area contributed by atoms with Crippen LogP contribution in [0.15, 0.2) is 74.9 Å². The summed E-state index contributed by atoms with van der Waals surface area (Å²) < 4.78 is 34.1. The second-order valence-corrected chi connectivity index (χ2v) is 57.9. The van der Waals surface area contributed by atoms with Crippen LogP contribution in [-0.4, -0.2) is 169 Å². The number of hydrogen-bond acceptors (Lipinski definition) is 14. The summed E-state index contributed by atoms with van der Waals surface area (Å²) in [5.41, 5.74) is 17.0. The molecule has 16 aliphatic carbocycles. The number of benzene rings is 1. The summed E-state index contributed by atoms with van der Waals surface area (Å²) in [4.78, 5) is 66.6. The molecule has 4 spiro atoms. The van der Waals surface area contributed by atoms with E-state index in [-0.39, 0.29) is 52.4 Å². The number of fused-ring (bicyclic) bond motifs is 24. The van der Waals surface area contributed by atoms with E-state index in [9.17, 15) is 24.0 Å². The number of rotatable bonds is 11.